The van der Waals surface area contributed by atoms with Crippen LogP contribution in [0.4, 0.5) is 0 Å². The molecule has 1 aliphatic heterocycles. The Morgan fingerprint density at radius 1 is 0.811 bits per heavy atom. The number of methoxy groups -OCH3 is 2. The summed E-state index contributed by atoms with van der Waals surface area (Å²) < 4.78 is 55.7. The Kier molecular flexibility index (Phi) is 12.0. The Morgan fingerprint density at radius 3 is 1.62 bits per heavy atom. The van der Waals surface area contributed by atoms with Crippen LogP contribution < -0.4 is 0 Å². The quantitative estimate of drug-likeness (QED) is 0.364. The zero-order chi connectivity index (χ0) is 27.5. The first kappa shape index (κ1) is 30.8. The van der Waals surface area contributed by atoms with Gasteiger partial charge < -0.3 is 9.47 Å². The van der Waals surface area contributed by atoms with Crippen molar-refractivity contribution in [1.82, 2.24) is 4.31 Å². The summed E-state index contributed by atoms with van der Waals surface area (Å²) in [5, 5.41) is 0. The van der Waals surface area contributed by atoms with E-state index >= 15 is 0 Å². The van der Waals surface area contributed by atoms with E-state index in [1.165, 1.54) is 24.9 Å². The Bertz CT molecular complexity index is 1220. The molecule has 1 aliphatic carbocycles. The zero-order valence-electron chi connectivity index (χ0n) is 20.8. The number of esters is 2. The molecule has 12 heteroatoms. The lowest BCUT2D eigenvalue weighted by atomic mass is 9.86. The summed E-state index contributed by atoms with van der Waals surface area (Å²) in [7, 11) is 0.898. The fourth-order valence-corrected chi connectivity index (χ4v) is 6.23. The lowest BCUT2D eigenvalue weighted by Crippen LogP contribution is -2.55. The predicted octanol–water partition coefficient (Wildman–Crippen LogP) is 3.48. The highest BCUT2D eigenvalue weighted by Gasteiger charge is 2.42. The molecule has 204 valence electrons. The third-order valence-corrected chi connectivity index (χ3v) is 8.67. The first-order chi connectivity index (χ1) is 17.5. The van der Waals surface area contributed by atoms with Crippen LogP contribution >= 0.6 is 10.7 Å². The standard InChI is InChI=1S/C12H15NO4S.C7H7ClO2S.C6H10O2/c1-17-12(14)11-7-8-13(11)18(15,16)9-10-5-3-2-4-6-10;8-11(9,10)6-7-4-2-1-3-5-7;1-8-6(7)5-3-2-4-5/h2-6,11H,7-9H2,1H3;1-5H,6H2;5H,2-4H2,1H3/t11-;;/m0../s1. The van der Waals surface area contributed by atoms with Gasteiger partial charge in [-0.1, -0.05) is 67.1 Å². The van der Waals surface area contributed by atoms with Gasteiger partial charge >= 0.3 is 11.9 Å². The van der Waals surface area contributed by atoms with Crippen LogP contribution in [0.3, 0.4) is 0 Å². The van der Waals surface area contributed by atoms with Gasteiger partial charge in [-0.2, -0.15) is 4.31 Å². The first-order valence-electron chi connectivity index (χ1n) is 11.6. The van der Waals surface area contributed by atoms with E-state index in [0.717, 1.165) is 12.8 Å². The molecular weight excluding hydrogens is 542 g/mol. The fourth-order valence-electron chi connectivity index (χ4n) is 3.52. The van der Waals surface area contributed by atoms with Crippen molar-refractivity contribution >= 4 is 41.7 Å². The van der Waals surface area contributed by atoms with Crippen molar-refractivity contribution in [2.24, 2.45) is 5.92 Å². The molecule has 0 radical (unpaired) electrons. The van der Waals surface area contributed by atoms with Crippen molar-refractivity contribution < 1.29 is 35.9 Å². The second-order valence-electron chi connectivity index (χ2n) is 8.50. The smallest absolute Gasteiger partial charge is 0.324 e. The van der Waals surface area contributed by atoms with E-state index in [-0.39, 0.29) is 23.4 Å². The maximum Gasteiger partial charge on any atom is 0.324 e. The minimum absolute atomic E-state index is 0.0312. The summed E-state index contributed by atoms with van der Waals surface area (Å²) in [5.41, 5.74) is 1.43. The highest BCUT2D eigenvalue weighted by atomic mass is 35.7. The monoisotopic (exact) mass is 573 g/mol. The second-order valence-corrected chi connectivity index (χ2v) is 13.2. The SMILES string of the molecule is COC(=O)C1CCC1.COC(=O)[C@@H]1CCN1S(=O)(=O)Cc1ccccc1.O=S(=O)(Cl)Cc1ccccc1. The maximum atomic E-state index is 12.1. The molecule has 1 saturated carbocycles. The average molecular weight is 574 g/mol. The van der Waals surface area contributed by atoms with Crippen LogP contribution in [0.15, 0.2) is 60.7 Å². The second kappa shape index (κ2) is 14.5. The van der Waals surface area contributed by atoms with Gasteiger partial charge in [-0.3, -0.25) is 9.59 Å². The molecule has 1 saturated heterocycles. The highest BCUT2D eigenvalue weighted by Crippen LogP contribution is 2.27. The lowest BCUT2D eigenvalue weighted by Gasteiger charge is -2.37. The molecule has 4 rings (SSSR count). The number of hydrogen-bond donors (Lipinski definition) is 0. The minimum Gasteiger partial charge on any atom is -0.469 e. The van der Waals surface area contributed by atoms with Gasteiger partial charge in [0.15, 0.2) is 0 Å². The van der Waals surface area contributed by atoms with Crippen molar-refractivity contribution in [3.05, 3.63) is 71.8 Å². The Balaban J connectivity index is 0.000000215. The summed E-state index contributed by atoms with van der Waals surface area (Å²) in [4.78, 5) is 21.9. The van der Waals surface area contributed by atoms with E-state index in [0.29, 0.717) is 24.1 Å². The average Bonchev–Trinajstić information content (AvgIpc) is 2.77. The van der Waals surface area contributed by atoms with Gasteiger partial charge in [0.1, 0.15) is 6.04 Å². The maximum absolute atomic E-state index is 12.1. The number of hydrogen-bond acceptors (Lipinski definition) is 8. The Morgan fingerprint density at radius 2 is 1.30 bits per heavy atom. The lowest BCUT2D eigenvalue weighted by molar-refractivity contribution is -0.149. The number of halogens is 1. The van der Waals surface area contributed by atoms with E-state index in [2.05, 4.69) is 9.47 Å². The van der Waals surface area contributed by atoms with Crippen molar-refractivity contribution in [3.8, 4) is 0 Å². The van der Waals surface area contributed by atoms with E-state index in [9.17, 15) is 26.4 Å². The number of nitrogens with zero attached hydrogens (tertiary/aromatic N) is 1. The molecule has 9 nitrogen and oxygen atoms in total. The van der Waals surface area contributed by atoms with Crippen LogP contribution in [0.5, 0.6) is 0 Å². The number of sulfonamides is 1. The molecule has 1 atom stereocenters. The Labute approximate surface area is 223 Å². The van der Waals surface area contributed by atoms with E-state index in [1.54, 1.807) is 48.5 Å². The normalized spacial score (nSPS) is 17.4. The molecule has 2 aromatic carbocycles. The summed E-state index contributed by atoms with van der Waals surface area (Å²) in [6.45, 7) is 0.384. The molecule has 0 N–H and O–H groups in total. The van der Waals surface area contributed by atoms with Gasteiger partial charge in [0.2, 0.25) is 19.1 Å². The largest absolute Gasteiger partial charge is 0.469 e. The molecule has 37 heavy (non-hydrogen) atoms. The van der Waals surface area contributed by atoms with Crippen molar-refractivity contribution in [2.75, 3.05) is 20.8 Å². The molecular formula is C25H32ClNO8S2. The molecule has 1 heterocycles. The fraction of sp³-hybridized carbons (Fsp3) is 0.440. The highest BCUT2D eigenvalue weighted by molar-refractivity contribution is 8.13. The molecule has 2 aromatic rings. The number of carbonyl (C=O) groups is 2. The molecule has 0 amide bonds. The third kappa shape index (κ3) is 10.4. The summed E-state index contributed by atoms with van der Waals surface area (Å²) in [6, 6.07) is 17.1. The van der Waals surface area contributed by atoms with Crippen LogP contribution in [-0.4, -0.2) is 59.9 Å². The van der Waals surface area contributed by atoms with Gasteiger partial charge in [0.25, 0.3) is 0 Å². The van der Waals surface area contributed by atoms with E-state index in [1.807, 2.05) is 12.1 Å². The third-order valence-electron chi connectivity index (χ3n) is 5.81. The first-order valence-corrected chi connectivity index (χ1v) is 15.7. The van der Waals surface area contributed by atoms with Crippen LogP contribution in [0.2, 0.25) is 0 Å². The number of ether oxygens (including phenoxy) is 2. The zero-order valence-corrected chi connectivity index (χ0v) is 23.2. The predicted molar refractivity (Wildman–Crippen MR) is 140 cm³/mol. The van der Waals surface area contributed by atoms with Gasteiger partial charge in [-0.15, -0.1) is 0 Å². The van der Waals surface area contributed by atoms with Crippen LogP contribution in [0, 0.1) is 5.92 Å². The van der Waals surface area contributed by atoms with Gasteiger partial charge in [0.05, 0.1) is 31.6 Å². The van der Waals surface area contributed by atoms with Gasteiger partial charge in [-0.25, -0.2) is 16.8 Å². The topological polar surface area (TPSA) is 124 Å². The van der Waals surface area contributed by atoms with Gasteiger partial charge in [0, 0.05) is 17.2 Å². The van der Waals surface area contributed by atoms with Gasteiger partial charge in [-0.05, 0) is 30.4 Å². The van der Waals surface area contributed by atoms with Crippen molar-refractivity contribution in [2.45, 2.75) is 43.2 Å². The Hall–Kier alpha value is -2.47. The molecule has 2 fully saturated rings. The molecule has 2 aliphatic rings. The number of carbonyl (C=O) groups excluding carboxylic acids is 2. The summed E-state index contributed by atoms with van der Waals surface area (Å²) >= 11 is 0. The van der Waals surface area contributed by atoms with E-state index in [4.69, 9.17) is 10.7 Å². The van der Waals surface area contributed by atoms with Crippen LogP contribution in [0.25, 0.3) is 0 Å². The van der Waals surface area contributed by atoms with Crippen molar-refractivity contribution in [3.63, 3.8) is 0 Å². The molecule has 0 spiro atoms. The van der Waals surface area contributed by atoms with Crippen LogP contribution in [0.1, 0.15) is 36.8 Å². The molecule has 0 bridgehead atoms. The number of benzene rings is 2. The molecule has 0 unspecified atom stereocenters. The molecule has 0 aromatic heterocycles. The van der Waals surface area contributed by atoms with Crippen LogP contribution in [-0.2, 0) is 49.6 Å². The number of rotatable bonds is 7. The minimum atomic E-state index is -3.45. The summed E-state index contributed by atoms with van der Waals surface area (Å²) in [6.07, 6.45) is 3.79. The summed E-state index contributed by atoms with van der Waals surface area (Å²) in [5.74, 6) is -0.467. The van der Waals surface area contributed by atoms with Crippen molar-refractivity contribution in [1.29, 1.82) is 0 Å². The van der Waals surface area contributed by atoms with E-state index < -0.39 is 31.1 Å².